The Bertz CT molecular complexity index is 858. The van der Waals surface area contributed by atoms with E-state index >= 15 is 0 Å². The summed E-state index contributed by atoms with van der Waals surface area (Å²) in [4.78, 5) is 4.21. The lowest BCUT2D eigenvalue weighted by Crippen LogP contribution is -2.50. The lowest BCUT2D eigenvalue weighted by atomic mass is 10.0. The molecule has 0 amide bonds. The summed E-state index contributed by atoms with van der Waals surface area (Å²) in [5, 5.41) is 1.36. The number of benzene rings is 2. The molecule has 2 aromatic carbocycles. The van der Waals surface area contributed by atoms with Crippen LogP contribution in [0.3, 0.4) is 0 Å². The first kappa shape index (κ1) is 20.1. The van der Waals surface area contributed by atoms with Crippen LogP contribution < -0.4 is 10.4 Å². The summed E-state index contributed by atoms with van der Waals surface area (Å²) in [5.41, 5.74) is 3.64. The van der Waals surface area contributed by atoms with E-state index < -0.39 is 29.8 Å². The van der Waals surface area contributed by atoms with E-state index in [-0.39, 0.29) is 5.69 Å². The molecule has 0 saturated carbocycles. The van der Waals surface area contributed by atoms with Crippen molar-refractivity contribution in [3.63, 3.8) is 0 Å². The molecule has 3 nitrogen and oxygen atoms in total. The van der Waals surface area contributed by atoms with E-state index in [2.05, 4.69) is 10.4 Å². The molecule has 0 aromatic heterocycles. The maximum absolute atomic E-state index is 13.7. The fourth-order valence-electron chi connectivity index (χ4n) is 2.57. The third-order valence-corrected chi connectivity index (χ3v) is 4.24. The molecular weight excluding hydrogens is 391 g/mol. The molecule has 1 N–H and O–H groups in total. The molecule has 1 atom stereocenters. The third-order valence-electron chi connectivity index (χ3n) is 4.24. The highest BCUT2D eigenvalue weighted by Gasteiger charge is 2.73. The van der Waals surface area contributed by atoms with E-state index in [0.717, 1.165) is 23.3 Å². The Balaban J connectivity index is 1.77. The van der Waals surface area contributed by atoms with Gasteiger partial charge >= 0.3 is 18.0 Å². The van der Waals surface area contributed by atoms with Crippen LogP contribution in [-0.4, -0.2) is 18.4 Å². The topological polar surface area (TPSA) is 27.6 Å². The van der Waals surface area contributed by atoms with Gasteiger partial charge in [-0.1, -0.05) is 42.0 Å². The minimum Gasteiger partial charge on any atom is -0.264 e. The molecule has 1 unspecified atom stereocenters. The van der Waals surface area contributed by atoms with Crippen LogP contribution >= 0.6 is 0 Å². The average molecular weight is 405 g/mol. The van der Waals surface area contributed by atoms with Crippen molar-refractivity contribution >= 4 is 12.0 Å². The summed E-state index contributed by atoms with van der Waals surface area (Å²) in [6, 6.07) is 10.5. The van der Waals surface area contributed by atoms with Gasteiger partial charge in [0, 0.05) is 5.56 Å². The van der Waals surface area contributed by atoms with Crippen LogP contribution in [0.2, 0.25) is 0 Å². The molecular formula is C18H14F7N3. The molecule has 150 valence electrons. The Morgan fingerprint density at radius 2 is 1.43 bits per heavy atom. The van der Waals surface area contributed by atoms with Gasteiger partial charge in [-0.05, 0) is 24.6 Å². The number of halogens is 7. The number of hydrogen-bond acceptors (Lipinski definition) is 3. The predicted molar refractivity (Wildman–Crippen MR) is 89.4 cm³/mol. The normalized spacial score (nSPS) is 18.0. The van der Waals surface area contributed by atoms with Gasteiger partial charge in [0.25, 0.3) is 0 Å². The number of rotatable bonds is 4. The van der Waals surface area contributed by atoms with Crippen LogP contribution in [0.1, 0.15) is 22.9 Å². The van der Waals surface area contributed by atoms with Crippen molar-refractivity contribution in [3.05, 3.63) is 65.2 Å². The molecule has 2 aromatic rings. The van der Waals surface area contributed by atoms with Gasteiger partial charge in [0.15, 0.2) is 0 Å². The van der Waals surface area contributed by atoms with Crippen LogP contribution in [0, 0.1) is 6.92 Å². The average Bonchev–Trinajstić information content (AvgIpc) is 3.11. The summed E-state index contributed by atoms with van der Waals surface area (Å²) in [6.07, 6.45) is -5.46. The van der Waals surface area contributed by atoms with E-state index in [1.54, 1.807) is 0 Å². The van der Waals surface area contributed by atoms with Gasteiger partial charge in [-0.15, -0.1) is 0 Å². The zero-order valence-electron chi connectivity index (χ0n) is 14.3. The summed E-state index contributed by atoms with van der Waals surface area (Å²) in [5.74, 6) is -11.6. The van der Waals surface area contributed by atoms with E-state index in [9.17, 15) is 30.7 Å². The fourth-order valence-corrected chi connectivity index (χ4v) is 2.57. The highest BCUT2D eigenvalue weighted by molar-refractivity contribution is 5.80. The van der Waals surface area contributed by atoms with E-state index in [1.807, 2.05) is 31.2 Å². The summed E-state index contributed by atoms with van der Waals surface area (Å²) >= 11 is 0. The van der Waals surface area contributed by atoms with Crippen molar-refractivity contribution in [2.24, 2.45) is 4.99 Å². The summed E-state index contributed by atoms with van der Waals surface area (Å²) < 4.78 is 90.7. The molecule has 0 radical (unpaired) electrons. The van der Waals surface area contributed by atoms with Gasteiger partial charge in [0.1, 0.15) is 12.5 Å². The molecule has 0 fully saturated rings. The maximum atomic E-state index is 13.7. The minimum absolute atomic E-state index is 0.244. The second-order valence-corrected chi connectivity index (χ2v) is 6.27. The first-order valence-electron chi connectivity index (χ1n) is 8.01. The molecule has 1 aliphatic rings. The molecule has 0 saturated heterocycles. The minimum atomic E-state index is -6.38. The van der Waals surface area contributed by atoms with Crippen molar-refractivity contribution < 1.29 is 30.7 Å². The largest absolute Gasteiger partial charge is 0.460 e. The van der Waals surface area contributed by atoms with Gasteiger partial charge in [-0.2, -0.15) is 36.2 Å². The Labute approximate surface area is 155 Å². The predicted octanol–water partition coefficient (Wildman–Crippen LogP) is 5.34. The quantitative estimate of drug-likeness (QED) is 0.696. The number of anilines is 1. The Morgan fingerprint density at radius 3 is 1.96 bits per heavy atom. The van der Waals surface area contributed by atoms with Crippen molar-refractivity contribution in [2.75, 3.05) is 5.01 Å². The molecule has 1 aliphatic heterocycles. The van der Waals surface area contributed by atoms with Crippen LogP contribution in [0.5, 0.6) is 0 Å². The second-order valence-electron chi connectivity index (χ2n) is 6.27. The van der Waals surface area contributed by atoms with Crippen LogP contribution in [0.15, 0.2) is 53.5 Å². The first-order valence-corrected chi connectivity index (χ1v) is 8.01. The van der Waals surface area contributed by atoms with Gasteiger partial charge in [0.05, 0.1) is 5.69 Å². The number of hydrogen-bond donors (Lipinski definition) is 1. The van der Waals surface area contributed by atoms with E-state index in [4.69, 9.17) is 0 Å². The highest BCUT2D eigenvalue weighted by atomic mass is 19.4. The van der Waals surface area contributed by atoms with Gasteiger partial charge in [0.2, 0.25) is 0 Å². The van der Waals surface area contributed by atoms with Crippen molar-refractivity contribution in [1.29, 1.82) is 0 Å². The maximum Gasteiger partial charge on any atom is 0.460 e. The van der Waals surface area contributed by atoms with Gasteiger partial charge in [-0.25, -0.2) is 4.99 Å². The monoisotopic (exact) mass is 405 g/mol. The standard InChI is InChI=1S/C18H14F7N3/c1-11-2-4-12(5-3-11)15-26-10-28(27-15)14-8-6-13(7-9-14)16(19,20)17(21,22)18(23,24)25/h2-10,15,27H,1H3. The Kier molecular flexibility index (Phi) is 4.86. The number of aliphatic imine (C=N–C) groups is 1. The number of hydrazine groups is 1. The molecule has 1 heterocycles. The Hall–Kier alpha value is -2.62. The zero-order valence-corrected chi connectivity index (χ0v) is 14.3. The highest BCUT2D eigenvalue weighted by Crippen LogP contribution is 2.51. The fraction of sp³-hybridized carbons (Fsp3) is 0.278. The Morgan fingerprint density at radius 1 is 0.857 bits per heavy atom. The SMILES string of the molecule is Cc1ccc(C2N=CN(c3ccc(C(F)(F)C(F)(F)C(F)(F)F)cc3)N2)cc1. The van der Waals surface area contributed by atoms with Crippen molar-refractivity contribution in [3.8, 4) is 0 Å². The smallest absolute Gasteiger partial charge is 0.264 e. The van der Waals surface area contributed by atoms with E-state index in [1.165, 1.54) is 11.3 Å². The van der Waals surface area contributed by atoms with Gasteiger partial charge in [-0.3, -0.25) is 5.01 Å². The molecule has 10 heteroatoms. The second kappa shape index (κ2) is 6.77. The van der Waals surface area contributed by atoms with Gasteiger partial charge < -0.3 is 0 Å². The number of nitrogens with zero attached hydrogens (tertiary/aromatic N) is 2. The number of nitrogens with one attached hydrogen (secondary N) is 1. The molecule has 3 rings (SSSR count). The lowest BCUT2D eigenvalue weighted by molar-refractivity contribution is -0.359. The van der Waals surface area contributed by atoms with Crippen molar-refractivity contribution in [2.45, 2.75) is 31.1 Å². The first-order chi connectivity index (χ1) is 12.9. The molecule has 0 aliphatic carbocycles. The summed E-state index contributed by atoms with van der Waals surface area (Å²) in [7, 11) is 0. The van der Waals surface area contributed by atoms with E-state index in [0.29, 0.717) is 12.1 Å². The lowest BCUT2D eigenvalue weighted by Gasteiger charge is -2.28. The molecule has 28 heavy (non-hydrogen) atoms. The zero-order chi connectivity index (χ0) is 20.7. The summed E-state index contributed by atoms with van der Waals surface area (Å²) in [6.45, 7) is 1.92. The number of aryl methyl sites for hydroxylation is 1. The van der Waals surface area contributed by atoms with Crippen LogP contribution in [0.4, 0.5) is 36.4 Å². The van der Waals surface area contributed by atoms with Crippen LogP contribution in [0.25, 0.3) is 0 Å². The van der Waals surface area contributed by atoms with Crippen LogP contribution in [-0.2, 0) is 5.92 Å². The molecule has 0 spiro atoms. The molecule has 0 bridgehead atoms. The third kappa shape index (κ3) is 3.44. The van der Waals surface area contributed by atoms with Crippen molar-refractivity contribution in [1.82, 2.24) is 5.43 Å². The number of alkyl halides is 7.